The molecule has 0 heterocycles. The lowest BCUT2D eigenvalue weighted by Crippen LogP contribution is -2.26. The van der Waals surface area contributed by atoms with Crippen LogP contribution in [0.25, 0.3) is 0 Å². The Morgan fingerprint density at radius 1 is 1.04 bits per heavy atom. The van der Waals surface area contributed by atoms with Gasteiger partial charge in [0.1, 0.15) is 23.1 Å². The van der Waals surface area contributed by atoms with E-state index in [-0.39, 0.29) is 18.0 Å². The summed E-state index contributed by atoms with van der Waals surface area (Å²) in [4.78, 5) is 13.8. The van der Waals surface area contributed by atoms with Crippen LogP contribution in [0.2, 0.25) is 0 Å². The highest BCUT2D eigenvalue weighted by molar-refractivity contribution is 5.94. The van der Waals surface area contributed by atoms with Crippen LogP contribution in [0.5, 0.6) is 11.5 Å². The van der Waals surface area contributed by atoms with Crippen molar-refractivity contribution in [3.05, 3.63) is 59.2 Å². The third kappa shape index (κ3) is 3.97. The number of nitrogens with zero attached hydrogens (tertiary/aromatic N) is 1. The number of hydrogen-bond donors (Lipinski definition) is 0. The monoisotopic (exact) mass is 321 g/mol. The fourth-order valence-corrected chi connectivity index (χ4v) is 2.13. The molecule has 0 saturated heterocycles. The van der Waals surface area contributed by atoms with E-state index in [2.05, 4.69) is 0 Å². The predicted octanol–water partition coefficient (Wildman–Crippen LogP) is 3.25. The van der Waals surface area contributed by atoms with Gasteiger partial charge < -0.3 is 14.4 Å². The van der Waals surface area contributed by atoms with E-state index in [0.29, 0.717) is 17.1 Å². The Labute approximate surface area is 133 Å². The predicted molar refractivity (Wildman–Crippen MR) is 81.7 cm³/mol. The first kappa shape index (κ1) is 16.7. The minimum absolute atomic E-state index is 0.0183. The van der Waals surface area contributed by atoms with Crippen LogP contribution in [0.3, 0.4) is 0 Å². The fraction of sp³-hybridized carbons (Fsp3) is 0.235. The quantitative estimate of drug-likeness (QED) is 0.848. The van der Waals surface area contributed by atoms with E-state index >= 15 is 0 Å². The van der Waals surface area contributed by atoms with Crippen LogP contribution in [0.15, 0.2) is 36.4 Å². The summed E-state index contributed by atoms with van der Waals surface area (Å²) < 4.78 is 36.9. The molecule has 1 amide bonds. The SMILES string of the molecule is COc1cc(OC)cc(C(=O)N(C)Cc2ccc(F)cc2F)c1. The van der Waals surface area contributed by atoms with E-state index < -0.39 is 11.6 Å². The van der Waals surface area contributed by atoms with Gasteiger partial charge in [-0.15, -0.1) is 0 Å². The zero-order valence-corrected chi connectivity index (χ0v) is 13.1. The minimum atomic E-state index is -0.687. The number of carbonyl (C=O) groups is 1. The van der Waals surface area contributed by atoms with Crippen molar-refractivity contribution in [3.63, 3.8) is 0 Å². The van der Waals surface area contributed by atoms with E-state index in [0.717, 1.165) is 12.1 Å². The smallest absolute Gasteiger partial charge is 0.254 e. The Balaban J connectivity index is 2.22. The second kappa shape index (κ2) is 7.09. The summed E-state index contributed by atoms with van der Waals surface area (Å²) in [6.07, 6.45) is 0. The van der Waals surface area contributed by atoms with E-state index in [9.17, 15) is 13.6 Å². The lowest BCUT2D eigenvalue weighted by atomic mass is 10.1. The molecular weight excluding hydrogens is 304 g/mol. The Bertz CT molecular complexity index is 697. The number of amides is 1. The number of benzene rings is 2. The standard InChI is InChI=1S/C17H17F2NO3/c1-20(10-11-4-5-13(18)8-16(11)19)17(21)12-6-14(22-2)9-15(7-12)23-3/h4-9H,10H2,1-3H3. The number of ether oxygens (including phenoxy) is 2. The molecule has 23 heavy (non-hydrogen) atoms. The van der Waals surface area contributed by atoms with Crippen LogP contribution in [0.4, 0.5) is 8.78 Å². The van der Waals surface area contributed by atoms with E-state index in [4.69, 9.17) is 9.47 Å². The number of halogens is 2. The van der Waals surface area contributed by atoms with Gasteiger partial charge in [0.2, 0.25) is 0 Å². The normalized spacial score (nSPS) is 10.3. The van der Waals surface area contributed by atoms with E-state index in [1.807, 2.05) is 0 Å². The number of hydrogen-bond acceptors (Lipinski definition) is 3. The fourth-order valence-electron chi connectivity index (χ4n) is 2.13. The highest BCUT2D eigenvalue weighted by atomic mass is 19.1. The van der Waals surface area contributed by atoms with Crippen molar-refractivity contribution in [2.75, 3.05) is 21.3 Å². The zero-order valence-electron chi connectivity index (χ0n) is 13.1. The molecule has 4 nitrogen and oxygen atoms in total. The first-order valence-electron chi connectivity index (χ1n) is 6.87. The summed E-state index contributed by atoms with van der Waals surface area (Å²) >= 11 is 0. The number of methoxy groups -OCH3 is 2. The van der Waals surface area contributed by atoms with Gasteiger partial charge in [0.15, 0.2) is 0 Å². The van der Waals surface area contributed by atoms with Crippen LogP contribution in [0.1, 0.15) is 15.9 Å². The van der Waals surface area contributed by atoms with Gasteiger partial charge in [0, 0.05) is 36.9 Å². The van der Waals surface area contributed by atoms with Crippen molar-refractivity contribution in [3.8, 4) is 11.5 Å². The van der Waals surface area contributed by atoms with Crippen molar-refractivity contribution < 1.29 is 23.0 Å². The summed E-state index contributed by atoms with van der Waals surface area (Å²) in [5.74, 6) is -0.709. The minimum Gasteiger partial charge on any atom is -0.497 e. The Hall–Kier alpha value is -2.63. The summed E-state index contributed by atoms with van der Waals surface area (Å²) in [5.41, 5.74) is 0.586. The first-order valence-corrected chi connectivity index (χ1v) is 6.87. The lowest BCUT2D eigenvalue weighted by Gasteiger charge is -2.18. The van der Waals surface area contributed by atoms with Crippen LogP contribution in [-0.2, 0) is 6.54 Å². The average Bonchev–Trinajstić information content (AvgIpc) is 2.55. The third-order valence-electron chi connectivity index (χ3n) is 3.37. The maximum absolute atomic E-state index is 13.7. The molecule has 2 aromatic carbocycles. The third-order valence-corrected chi connectivity index (χ3v) is 3.37. The Morgan fingerprint density at radius 2 is 1.65 bits per heavy atom. The maximum atomic E-state index is 13.7. The van der Waals surface area contributed by atoms with Gasteiger partial charge in [0.25, 0.3) is 5.91 Å². The van der Waals surface area contributed by atoms with Gasteiger partial charge in [-0.05, 0) is 18.2 Å². The summed E-state index contributed by atoms with van der Waals surface area (Å²) in [6, 6.07) is 8.06. The molecular formula is C17H17F2NO3. The molecule has 0 bridgehead atoms. The van der Waals surface area contributed by atoms with Crippen molar-refractivity contribution in [1.82, 2.24) is 4.90 Å². The molecule has 0 aliphatic carbocycles. The maximum Gasteiger partial charge on any atom is 0.254 e. The molecule has 2 aromatic rings. The molecule has 0 fully saturated rings. The van der Waals surface area contributed by atoms with Crippen LogP contribution < -0.4 is 9.47 Å². The molecule has 0 unspecified atom stereocenters. The molecule has 0 radical (unpaired) electrons. The van der Waals surface area contributed by atoms with Crippen molar-refractivity contribution in [1.29, 1.82) is 0 Å². The molecule has 0 aliphatic heterocycles. The largest absolute Gasteiger partial charge is 0.497 e. The molecule has 0 aromatic heterocycles. The van der Waals surface area contributed by atoms with Crippen molar-refractivity contribution in [2.24, 2.45) is 0 Å². The van der Waals surface area contributed by atoms with Gasteiger partial charge in [-0.3, -0.25) is 4.79 Å². The van der Waals surface area contributed by atoms with Gasteiger partial charge in [-0.2, -0.15) is 0 Å². The molecule has 0 N–H and O–H groups in total. The van der Waals surface area contributed by atoms with Gasteiger partial charge in [0.05, 0.1) is 14.2 Å². The van der Waals surface area contributed by atoms with Crippen LogP contribution in [0, 0.1) is 11.6 Å². The second-order valence-corrected chi connectivity index (χ2v) is 5.00. The van der Waals surface area contributed by atoms with Gasteiger partial charge in [-0.25, -0.2) is 8.78 Å². The molecule has 6 heteroatoms. The molecule has 0 spiro atoms. The zero-order chi connectivity index (χ0) is 17.0. The van der Waals surface area contributed by atoms with Crippen LogP contribution >= 0.6 is 0 Å². The molecule has 0 aliphatic rings. The van der Waals surface area contributed by atoms with Crippen LogP contribution in [-0.4, -0.2) is 32.1 Å². The lowest BCUT2D eigenvalue weighted by molar-refractivity contribution is 0.0783. The molecule has 122 valence electrons. The van der Waals surface area contributed by atoms with Gasteiger partial charge >= 0.3 is 0 Å². The average molecular weight is 321 g/mol. The number of carbonyl (C=O) groups excluding carboxylic acids is 1. The van der Waals surface area contributed by atoms with E-state index in [1.54, 1.807) is 18.2 Å². The Kier molecular flexibility index (Phi) is 5.16. The molecule has 0 saturated carbocycles. The number of rotatable bonds is 5. The van der Waals surface area contributed by atoms with Crippen molar-refractivity contribution >= 4 is 5.91 Å². The summed E-state index contributed by atoms with van der Waals surface area (Å²) in [5, 5.41) is 0. The topological polar surface area (TPSA) is 38.8 Å². The highest BCUT2D eigenvalue weighted by Gasteiger charge is 2.16. The van der Waals surface area contributed by atoms with Crippen molar-refractivity contribution in [2.45, 2.75) is 6.54 Å². The second-order valence-electron chi connectivity index (χ2n) is 5.00. The first-order chi connectivity index (χ1) is 10.9. The van der Waals surface area contributed by atoms with E-state index in [1.165, 1.54) is 32.2 Å². The van der Waals surface area contributed by atoms with Gasteiger partial charge in [-0.1, -0.05) is 6.07 Å². The Morgan fingerprint density at radius 3 is 2.17 bits per heavy atom. The summed E-state index contributed by atoms with van der Waals surface area (Å²) in [6.45, 7) is 0.0183. The highest BCUT2D eigenvalue weighted by Crippen LogP contribution is 2.23. The molecule has 0 atom stereocenters. The summed E-state index contributed by atoms with van der Waals surface area (Å²) in [7, 11) is 4.51. The molecule has 2 rings (SSSR count).